The molecule has 0 heterocycles. The third-order valence-corrected chi connectivity index (χ3v) is 2.29. The van der Waals surface area contributed by atoms with Gasteiger partial charge in [0.05, 0.1) is 0 Å². The summed E-state index contributed by atoms with van der Waals surface area (Å²) in [5.74, 6) is -0.173. The minimum atomic E-state index is -0.147. The van der Waals surface area contributed by atoms with E-state index < -0.39 is 0 Å². The molecule has 0 saturated heterocycles. The van der Waals surface area contributed by atoms with E-state index in [2.05, 4.69) is 11.4 Å². The Morgan fingerprint density at radius 2 is 1.81 bits per heavy atom. The van der Waals surface area contributed by atoms with Gasteiger partial charge in [0.25, 0.3) is 0 Å². The van der Waals surface area contributed by atoms with E-state index in [0.717, 1.165) is 16.8 Å². The highest BCUT2D eigenvalue weighted by molar-refractivity contribution is 5.92. The van der Waals surface area contributed by atoms with Crippen molar-refractivity contribution in [3.8, 4) is 0 Å². The lowest BCUT2D eigenvalue weighted by Gasteiger charge is -2.11. The second-order valence-corrected chi connectivity index (χ2v) is 4.00. The first kappa shape index (κ1) is 14.9. The molecule has 1 atom stereocenters. The molecule has 0 fully saturated rings. The van der Waals surface area contributed by atoms with Crippen molar-refractivity contribution in [1.82, 2.24) is 0 Å². The summed E-state index contributed by atoms with van der Waals surface area (Å²) in [7, 11) is 0. The first-order chi connectivity index (χ1) is 7.02. The lowest BCUT2D eigenvalue weighted by molar-refractivity contribution is -0.119. The number of hydrogen-bond donors (Lipinski definition) is 2. The number of carbonyl (C=O) groups is 1. The molecule has 1 aromatic carbocycles. The first-order valence-corrected chi connectivity index (χ1v) is 5.12. The normalized spacial score (nSPS) is 11.5. The monoisotopic (exact) mass is 242 g/mol. The Bertz CT molecular complexity index is 346. The third kappa shape index (κ3) is 4.21. The number of anilines is 1. The van der Waals surface area contributed by atoms with E-state index in [1.54, 1.807) is 0 Å². The Hall–Kier alpha value is -1.06. The first-order valence-electron chi connectivity index (χ1n) is 5.12. The van der Waals surface area contributed by atoms with Crippen molar-refractivity contribution >= 4 is 24.0 Å². The van der Waals surface area contributed by atoms with Crippen molar-refractivity contribution in [2.45, 2.75) is 20.8 Å². The molecule has 0 bridgehead atoms. The minimum absolute atomic E-state index is 0. The van der Waals surface area contributed by atoms with Crippen LogP contribution in [0.3, 0.4) is 0 Å². The maximum Gasteiger partial charge on any atom is 0.228 e. The summed E-state index contributed by atoms with van der Waals surface area (Å²) in [5, 5.41) is 2.86. The summed E-state index contributed by atoms with van der Waals surface area (Å²) in [6, 6.07) is 5.98. The van der Waals surface area contributed by atoms with Crippen LogP contribution in [0.15, 0.2) is 18.2 Å². The van der Waals surface area contributed by atoms with Gasteiger partial charge >= 0.3 is 0 Å². The van der Waals surface area contributed by atoms with Gasteiger partial charge in [-0.2, -0.15) is 0 Å². The molecule has 1 amide bonds. The van der Waals surface area contributed by atoms with Gasteiger partial charge in [-0.3, -0.25) is 4.79 Å². The number of amides is 1. The predicted octanol–water partition coefficient (Wildman–Crippen LogP) is 2.26. The maximum atomic E-state index is 11.6. The molecular formula is C12H19ClN2O. The number of benzene rings is 1. The van der Waals surface area contributed by atoms with Crippen LogP contribution in [-0.4, -0.2) is 12.5 Å². The highest BCUT2D eigenvalue weighted by Gasteiger charge is 2.10. The molecule has 16 heavy (non-hydrogen) atoms. The molecule has 0 aliphatic rings. The van der Waals surface area contributed by atoms with E-state index in [1.807, 2.05) is 32.9 Å². The molecule has 1 unspecified atom stereocenters. The predicted molar refractivity (Wildman–Crippen MR) is 70.0 cm³/mol. The summed E-state index contributed by atoms with van der Waals surface area (Å²) in [5.41, 5.74) is 8.56. The summed E-state index contributed by atoms with van der Waals surface area (Å²) in [4.78, 5) is 11.6. The Balaban J connectivity index is 0.00000225. The third-order valence-electron chi connectivity index (χ3n) is 2.29. The van der Waals surface area contributed by atoms with Gasteiger partial charge in [0.15, 0.2) is 0 Å². The Morgan fingerprint density at radius 1 is 1.31 bits per heavy atom. The number of nitrogens with one attached hydrogen (secondary N) is 1. The van der Waals surface area contributed by atoms with Gasteiger partial charge < -0.3 is 11.1 Å². The van der Waals surface area contributed by atoms with Gasteiger partial charge in [0, 0.05) is 18.2 Å². The summed E-state index contributed by atoms with van der Waals surface area (Å²) >= 11 is 0. The Morgan fingerprint density at radius 3 is 2.25 bits per heavy atom. The minimum Gasteiger partial charge on any atom is -0.330 e. The topological polar surface area (TPSA) is 55.1 Å². The molecule has 4 heteroatoms. The van der Waals surface area contributed by atoms with Crippen LogP contribution in [0.1, 0.15) is 18.1 Å². The van der Waals surface area contributed by atoms with E-state index in [-0.39, 0.29) is 24.2 Å². The second-order valence-electron chi connectivity index (χ2n) is 4.00. The van der Waals surface area contributed by atoms with Gasteiger partial charge in [-0.15, -0.1) is 12.4 Å². The summed E-state index contributed by atoms with van der Waals surface area (Å²) in [6.07, 6.45) is 0. The van der Waals surface area contributed by atoms with E-state index in [9.17, 15) is 4.79 Å². The lowest BCUT2D eigenvalue weighted by Crippen LogP contribution is -2.26. The SMILES string of the molecule is Cc1cc(C)cc(NC(=O)C(C)CN)c1.Cl. The quantitative estimate of drug-likeness (QED) is 0.854. The molecule has 3 N–H and O–H groups in total. The molecular weight excluding hydrogens is 224 g/mol. The van der Waals surface area contributed by atoms with Crippen LogP contribution >= 0.6 is 12.4 Å². The zero-order valence-corrected chi connectivity index (χ0v) is 10.7. The number of halogens is 1. The van der Waals surface area contributed by atoms with E-state index in [4.69, 9.17) is 5.73 Å². The van der Waals surface area contributed by atoms with Crippen LogP contribution in [0.5, 0.6) is 0 Å². The van der Waals surface area contributed by atoms with Crippen molar-refractivity contribution in [2.75, 3.05) is 11.9 Å². The zero-order valence-electron chi connectivity index (χ0n) is 9.91. The van der Waals surface area contributed by atoms with Crippen LogP contribution in [0.2, 0.25) is 0 Å². The number of nitrogens with two attached hydrogens (primary N) is 1. The van der Waals surface area contributed by atoms with Crippen molar-refractivity contribution in [3.05, 3.63) is 29.3 Å². The average Bonchev–Trinajstić information content (AvgIpc) is 2.14. The number of aryl methyl sites for hydroxylation is 2. The molecule has 0 aromatic heterocycles. The Kier molecular flexibility index (Phi) is 6.08. The lowest BCUT2D eigenvalue weighted by atomic mass is 10.1. The largest absolute Gasteiger partial charge is 0.330 e. The number of hydrogen-bond acceptors (Lipinski definition) is 2. The molecule has 0 spiro atoms. The molecule has 0 aliphatic carbocycles. The fraction of sp³-hybridized carbons (Fsp3) is 0.417. The molecule has 1 aromatic rings. The maximum absolute atomic E-state index is 11.6. The van der Waals surface area contributed by atoms with Crippen molar-refractivity contribution < 1.29 is 4.79 Å². The zero-order chi connectivity index (χ0) is 11.4. The van der Waals surface area contributed by atoms with Gasteiger partial charge in [-0.05, 0) is 37.1 Å². The molecule has 0 radical (unpaired) electrons. The van der Waals surface area contributed by atoms with Gasteiger partial charge in [0.2, 0.25) is 5.91 Å². The standard InChI is InChI=1S/C12H18N2O.ClH/c1-8-4-9(2)6-11(5-8)14-12(15)10(3)7-13;/h4-6,10H,7,13H2,1-3H3,(H,14,15);1H. The molecule has 90 valence electrons. The highest BCUT2D eigenvalue weighted by Crippen LogP contribution is 2.14. The molecule has 1 rings (SSSR count). The van der Waals surface area contributed by atoms with Crippen LogP contribution in [0.25, 0.3) is 0 Å². The summed E-state index contributed by atoms with van der Waals surface area (Å²) in [6.45, 7) is 6.21. The van der Waals surface area contributed by atoms with Gasteiger partial charge in [-0.25, -0.2) is 0 Å². The smallest absolute Gasteiger partial charge is 0.228 e. The highest BCUT2D eigenvalue weighted by atomic mass is 35.5. The van der Waals surface area contributed by atoms with E-state index in [1.165, 1.54) is 0 Å². The van der Waals surface area contributed by atoms with Crippen molar-refractivity contribution in [2.24, 2.45) is 11.7 Å². The molecule has 0 aliphatic heterocycles. The number of carbonyl (C=O) groups excluding carboxylic acids is 1. The van der Waals surface area contributed by atoms with Crippen molar-refractivity contribution in [3.63, 3.8) is 0 Å². The van der Waals surface area contributed by atoms with E-state index in [0.29, 0.717) is 6.54 Å². The van der Waals surface area contributed by atoms with Gasteiger partial charge in [0.1, 0.15) is 0 Å². The van der Waals surface area contributed by atoms with E-state index >= 15 is 0 Å². The van der Waals surface area contributed by atoms with Crippen LogP contribution in [0, 0.1) is 19.8 Å². The van der Waals surface area contributed by atoms with Gasteiger partial charge in [-0.1, -0.05) is 13.0 Å². The van der Waals surface area contributed by atoms with Crippen LogP contribution in [-0.2, 0) is 4.79 Å². The van der Waals surface area contributed by atoms with Crippen LogP contribution in [0.4, 0.5) is 5.69 Å². The number of rotatable bonds is 3. The second kappa shape index (κ2) is 6.51. The van der Waals surface area contributed by atoms with Crippen molar-refractivity contribution in [1.29, 1.82) is 0 Å². The fourth-order valence-corrected chi connectivity index (χ4v) is 1.42. The van der Waals surface area contributed by atoms with Crippen LogP contribution < -0.4 is 11.1 Å². The fourth-order valence-electron chi connectivity index (χ4n) is 1.42. The molecule has 0 saturated carbocycles. The average molecular weight is 243 g/mol. The Labute approximate surface area is 103 Å². The molecule has 3 nitrogen and oxygen atoms in total. The summed E-state index contributed by atoms with van der Waals surface area (Å²) < 4.78 is 0.